The van der Waals surface area contributed by atoms with E-state index < -0.39 is 28.8 Å². The molecular formula is C14H28ClN5O11P2S. The van der Waals surface area contributed by atoms with Crippen molar-refractivity contribution in [2.24, 2.45) is 0 Å². The van der Waals surface area contributed by atoms with Crippen LogP contribution >= 0.6 is 40.7 Å². The molecule has 20 heteroatoms. The van der Waals surface area contributed by atoms with E-state index in [-0.39, 0.29) is 17.2 Å². The molecule has 34 heavy (non-hydrogen) atoms. The van der Waals surface area contributed by atoms with Crippen LogP contribution in [0.2, 0.25) is 5.28 Å². The van der Waals surface area contributed by atoms with Gasteiger partial charge in [0.15, 0.2) is 17.7 Å². The number of nitrogens with zero attached hydrogens (tertiary/aromatic N) is 4. The lowest BCUT2D eigenvalue weighted by molar-refractivity contribution is -0.0554. The number of rotatable bonds is 6. The van der Waals surface area contributed by atoms with E-state index in [4.69, 9.17) is 51.9 Å². The number of fused-ring (bicyclic) bond motifs is 1. The summed E-state index contributed by atoms with van der Waals surface area (Å²) in [4.78, 5) is 27.5. The largest absolute Gasteiger partial charge is 0.480 e. The number of halogens is 1. The van der Waals surface area contributed by atoms with E-state index in [2.05, 4.69) is 31.9 Å². The molecule has 2 aromatic heterocycles. The number of thiol groups is 1. The highest BCUT2D eigenvalue weighted by Gasteiger charge is 2.36. The maximum atomic E-state index is 10.2. The smallest absolute Gasteiger partial charge is 0.400 e. The Hall–Kier alpha value is -1.04. The summed E-state index contributed by atoms with van der Waals surface area (Å²) in [6, 6.07) is 0. The molecule has 1 aliphatic heterocycles. The Kier molecular flexibility index (Phi) is 19.8. The van der Waals surface area contributed by atoms with E-state index in [1.807, 2.05) is 0 Å². The Morgan fingerprint density at radius 1 is 1.29 bits per heavy atom. The lowest BCUT2D eigenvalue weighted by atomic mass is 10.2. The third-order valence-corrected chi connectivity index (χ3v) is 4.86. The molecule has 0 aromatic carbocycles. The van der Waals surface area contributed by atoms with Gasteiger partial charge in [-0.25, -0.2) is 14.1 Å². The van der Waals surface area contributed by atoms with Gasteiger partial charge < -0.3 is 45.4 Å². The van der Waals surface area contributed by atoms with Crippen molar-refractivity contribution in [2.45, 2.75) is 24.9 Å². The molecule has 2 unspecified atom stereocenters. The minimum absolute atomic E-state index is 0.0178. The van der Waals surface area contributed by atoms with Crippen molar-refractivity contribution >= 4 is 57.7 Å². The van der Waals surface area contributed by atoms with Gasteiger partial charge in [-0.2, -0.15) is 26.9 Å². The Morgan fingerprint density at radius 3 is 2.35 bits per heavy atom. The fraction of sp³-hybridized carbons (Fsp3) is 0.643. The standard InChI is InChI=1S/C11H14ClN5O3S.3CH4O.H2O5P2/c12-11-15-8(13)7-9(16-11)17(3-14-7)10-6(18)1-5(20-10)2-19-4-21;3*1-2;1-6-5-7(2,3)4/h3,5-6,10,18,21H,1-2,4H2,(H2,13,15,16);3*2H,1H3;(H2,2,3,4)/t5-,6?,10?;;;;/m0..../s1. The molecule has 0 spiro atoms. The lowest BCUT2D eigenvalue weighted by Crippen LogP contribution is -2.19. The van der Waals surface area contributed by atoms with E-state index in [1.54, 1.807) is 4.57 Å². The number of anilines is 1. The van der Waals surface area contributed by atoms with E-state index >= 15 is 0 Å². The van der Waals surface area contributed by atoms with Gasteiger partial charge in [-0.15, -0.1) is 0 Å². The number of ether oxygens (including phenoxy) is 2. The third kappa shape index (κ3) is 12.1. The molecule has 0 bridgehead atoms. The zero-order valence-corrected chi connectivity index (χ0v) is 21.7. The summed E-state index contributed by atoms with van der Waals surface area (Å²) in [5.74, 6) is 0.486. The summed E-state index contributed by atoms with van der Waals surface area (Å²) in [5, 5.41) is 31.2. The van der Waals surface area contributed by atoms with E-state index in [0.717, 1.165) is 21.3 Å². The van der Waals surface area contributed by atoms with Crippen molar-refractivity contribution in [1.82, 2.24) is 19.5 Å². The number of nitrogens with two attached hydrogens (primary N) is 1. The summed E-state index contributed by atoms with van der Waals surface area (Å²) in [7, 11) is -2.49. The molecule has 2 aromatic rings. The van der Waals surface area contributed by atoms with E-state index in [0.29, 0.717) is 30.1 Å². The number of hydrogen-bond acceptors (Lipinski definition) is 14. The van der Waals surface area contributed by atoms with Crippen LogP contribution in [0.15, 0.2) is 6.33 Å². The van der Waals surface area contributed by atoms with Crippen LogP contribution in [0.1, 0.15) is 12.6 Å². The molecule has 0 saturated carbocycles. The molecule has 1 fully saturated rings. The van der Waals surface area contributed by atoms with Gasteiger partial charge in [-0.3, -0.25) is 4.57 Å². The van der Waals surface area contributed by atoms with Crippen LogP contribution in [0.3, 0.4) is 0 Å². The molecule has 3 heterocycles. The van der Waals surface area contributed by atoms with Crippen molar-refractivity contribution in [3.63, 3.8) is 0 Å². The average molecular weight is 572 g/mol. The van der Waals surface area contributed by atoms with Crippen molar-refractivity contribution in [2.75, 3.05) is 39.6 Å². The number of aliphatic hydroxyl groups is 4. The Morgan fingerprint density at radius 2 is 1.88 bits per heavy atom. The van der Waals surface area contributed by atoms with Gasteiger partial charge in [0.25, 0.3) is 0 Å². The van der Waals surface area contributed by atoms with Crippen LogP contribution < -0.4 is 5.73 Å². The number of aliphatic hydroxyl groups excluding tert-OH is 4. The number of hydrogen-bond donors (Lipinski definition) is 8. The molecule has 1 aliphatic rings. The molecule has 3 atom stereocenters. The zero-order valence-electron chi connectivity index (χ0n) is 18.2. The van der Waals surface area contributed by atoms with Crippen LogP contribution in [0.25, 0.3) is 11.2 Å². The predicted octanol–water partition coefficient (Wildman–Crippen LogP) is -0.258. The van der Waals surface area contributed by atoms with Crippen LogP contribution in [0.4, 0.5) is 5.82 Å². The highest BCUT2D eigenvalue weighted by molar-refractivity contribution is 7.80. The first-order chi connectivity index (χ1) is 16.2. The average Bonchev–Trinajstić information content (AvgIpc) is 3.39. The molecule has 16 nitrogen and oxygen atoms in total. The number of phosphoric acid groups is 1. The van der Waals surface area contributed by atoms with Gasteiger partial charge in [0.05, 0.1) is 25.0 Å². The first-order valence-corrected chi connectivity index (χ1v) is 12.0. The first-order valence-electron chi connectivity index (χ1n) is 8.75. The number of imidazole rings is 1. The van der Waals surface area contributed by atoms with Crippen LogP contribution in [0.5, 0.6) is 0 Å². The first kappa shape index (κ1) is 35.1. The summed E-state index contributed by atoms with van der Waals surface area (Å²) >= 11 is 9.79. The van der Waals surface area contributed by atoms with Gasteiger partial charge in [-0.05, 0) is 11.6 Å². The number of aromatic nitrogens is 4. The van der Waals surface area contributed by atoms with Gasteiger partial charge in [0, 0.05) is 27.8 Å². The van der Waals surface area contributed by atoms with Gasteiger partial charge in [0.2, 0.25) is 5.28 Å². The highest BCUT2D eigenvalue weighted by atomic mass is 35.5. The molecule has 0 radical (unpaired) electrons. The second-order valence-electron chi connectivity index (χ2n) is 5.30. The molecule has 8 N–H and O–H groups in total. The monoisotopic (exact) mass is 571 g/mol. The lowest BCUT2D eigenvalue weighted by Gasteiger charge is -2.16. The van der Waals surface area contributed by atoms with Crippen LogP contribution in [-0.4, -0.2) is 95.8 Å². The van der Waals surface area contributed by atoms with Gasteiger partial charge in [-0.1, -0.05) is 0 Å². The highest BCUT2D eigenvalue weighted by Crippen LogP contribution is 2.39. The summed E-state index contributed by atoms with van der Waals surface area (Å²) in [5.41, 5.74) is 6.60. The van der Waals surface area contributed by atoms with Gasteiger partial charge in [0.1, 0.15) is 11.6 Å². The summed E-state index contributed by atoms with van der Waals surface area (Å²) in [6.07, 6.45) is 0.415. The zero-order chi connectivity index (χ0) is 26.9. The SMILES string of the molecule is CO.CO.CO.Nc1nc(Cl)nc2c1ncn2C1O[C@H](COCS)CC1O.O=POP(=O)(O)O. The Labute approximate surface area is 206 Å². The normalized spacial score (nSPS) is 19.0. The quantitative estimate of drug-likeness (QED) is 0.0961. The topological polar surface area (TPSA) is 253 Å². The maximum Gasteiger partial charge on any atom is 0.480 e. The van der Waals surface area contributed by atoms with Crippen LogP contribution in [-0.2, 0) is 22.9 Å². The molecule has 0 aliphatic carbocycles. The maximum absolute atomic E-state index is 10.2. The molecule has 1 saturated heterocycles. The van der Waals surface area contributed by atoms with Crippen molar-refractivity contribution in [3.05, 3.63) is 11.6 Å². The minimum atomic E-state index is -4.49. The second kappa shape index (κ2) is 19.2. The number of nitrogen functional groups attached to an aromatic ring is 1. The summed E-state index contributed by atoms with van der Waals surface area (Å²) in [6.45, 7) is 0.363. The summed E-state index contributed by atoms with van der Waals surface area (Å²) < 4.78 is 34.6. The molecule has 198 valence electrons. The second-order valence-corrected chi connectivity index (χ2v) is 7.68. The molecule has 0 amide bonds. The van der Waals surface area contributed by atoms with E-state index in [1.165, 1.54) is 6.33 Å². The molecular weight excluding hydrogens is 544 g/mol. The third-order valence-electron chi connectivity index (χ3n) is 3.40. The van der Waals surface area contributed by atoms with Crippen LogP contribution in [0, 0.1) is 0 Å². The van der Waals surface area contributed by atoms with Crippen molar-refractivity contribution in [1.29, 1.82) is 0 Å². The molecule has 3 rings (SSSR count). The van der Waals surface area contributed by atoms with Gasteiger partial charge >= 0.3 is 16.5 Å². The minimum Gasteiger partial charge on any atom is -0.400 e. The Bertz CT molecular complexity index is 878. The van der Waals surface area contributed by atoms with E-state index in [9.17, 15) is 14.2 Å². The van der Waals surface area contributed by atoms with Crippen molar-refractivity contribution < 1.29 is 53.1 Å². The fourth-order valence-corrected chi connectivity index (χ4v) is 3.04. The fourth-order valence-electron chi connectivity index (χ4n) is 2.41. The van der Waals surface area contributed by atoms with Crippen molar-refractivity contribution in [3.8, 4) is 0 Å². The Balaban J connectivity index is 0. The predicted molar refractivity (Wildman–Crippen MR) is 124 cm³/mol.